The van der Waals surface area contributed by atoms with Gasteiger partial charge in [0.15, 0.2) is 0 Å². The van der Waals surface area contributed by atoms with Crippen molar-refractivity contribution in [1.29, 1.82) is 0 Å². The van der Waals surface area contributed by atoms with Crippen molar-refractivity contribution in [2.24, 2.45) is 0 Å². The van der Waals surface area contributed by atoms with Crippen molar-refractivity contribution in [2.45, 2.75) is 12.8 Å². The van der Waals surface area contributed by atoms with E-state index in [2.05, 4.69) is 32.3 Å². The highest BCUT2D eigenvalue weighted by atomic mass is 32.1. The van der Waals surface area contributed by atoms with Crippen LogP contribution in [0.5, 0.6) is 0 Å². The van der Waals surface area contributed by atoms with Crippen LogP contribution in [0.4, 0.5) is 0 Å². The zero-order valence-corrected chi connectivity index (χ0v) is 11.5. The smallest absolute Gasteiger partial charge is 0.261 e. The highest BCUT2D eigenvalue weighted by Crippen LogP contribution is 2.15. The summed E-state index contributed by atoms with van der Waals surface area (Å²) < 4.78 is 0. The van der Waals surface area contributed by atoms with E-state index in [-0.39, 0.29) is 12.5 Å². The van der Waals surface area contributed by atoms with Crippen molar-refractivity contribution in [1.82, 2.24) is 20.5 Å². The second kappa shape index (κ2) is 7.43. The number of aromatic nitrogens is 3. The molecule has 104 valence electrons. The van der Waals surface area contributed by atoms with Gasteiger partial charge < -0.3 is 10.4 Å². The molecule has 2 heterocycles. The number of aliphatic hydroxyl groups excluding tert-OH is 1. The van der Waals surface area contributed by atoms with E-state index in [1.807, 2.05) is 0 Å². The SMILES string of the molecule is O=C(NCCc1ncn[nH]1)c1ccc(C#CCCO)s1. The fraction of sp³-hybridized carbons (Fsp3) is 0.308. The number of hydrogen-bond donors (Lipinski definition) is 3. The molecule has 0 unspecified atom stereocenters. The van der Waals surface area contributed by atoms with Crippen LogP contribution in [-0.2, 0) is 6.42 Å². The van der Waals surface area contributed by atoms with E-state index >= 15 is 0 Å². The third-order valence-corrected chi connectivity index (χ3v) is 3.39. The lowest BCUT2D eigenvalue weighted by Crippen LogP contribution is -2.25. The molecule has 0 bridgehead atoms. The molecule has 20 heavy (non-hydrogen) atoms. The Morgan fingerprint density at radius 2 is 2.40 bits per heavy atom. The number of hydrogen-bond acceptors (Lipinski definition) is 5. The van der Waals surface area contributed by atoms with Gasteiger partial charge in [0.25, 0.3) is 5.91 Å². The lowest BCUT2D eigenvalue weighted by atomic mass is 10.3. The first kappa shape index (κ1) is 14.2. The van der Waals surface area contributed by atoms with Crippen LogP contribution in [0.25, 0.3) is 0 Å². The van der Waals surface area contributed by atoms with Crippen LogP contribution in [0.3, 0.4) is 0 Å². The number of aliphatic hydroxyl groups is 1. The molecule has 2 aromatic heterocycles. The van der Waals surface area contributed by atoms with Crippen LogP contribution in [0.1, 0.15) is 26.8 Å². The highest BCUT2D eigenvalue weighted by molar-refractivity contribution is 7.14. The number of amides is 1. The summed E-state index contributed by atoms with van der Waals surface area (Å²) in [5.74, 6) is 6.35. The minimum absolute atomic E-state index is 0.0490. The summed E-state index contributed by atoms with van der Waals surface area (Å²) in [6.45, 7) is 0.546. The molecule has 0 atom stereocenters. The summed E-state index contributed by atoms with van der Waals surface area (Å²) >= 11 is 1.34. The van der Waals surface area contributed by atoms with Gasteiger partial charge in [0, 0.05) is 19.4 Å². The van der Waals surface area contributed by atoms with Crippen LogP contribution >= 0.6 is 11.3 Å². The Bertz CT molecular complexity index is 610. The molecule has 2 aromatic rings. The fourth-order valence-electron chi connectivity index (χ4n) is 1.47. The third kappa shape index (κ3) is 4.19. The van der Waals surface area contributed by atoms with Crippen LogP contribution < -0.4 is 5.32 Å². The van der Waals surface area contributed by atoms with Gasteiger partial charge in [0.05, 0.1) is 16.4 Å². The van der Waals surface area contributed by atoms with E-state index in [0.717, 1.165) is 10.7 Å². The van der Waals surface area contributed by atoms with Crippen molar-refractivity contribution in [3.8, 4) is 11.8 Å². The number of aromatic amines is 1. The molecular weight excluding hydrogens is 276 g/mol. The maximum atomic E-state index is 11.9. The van der Waals surface area contributed by atoms with Crippen LogP contribution in [0.15, 0.2) is 18.5 Å². The monoisotopic (exact) mass is 290 g/mol. The Hall–Kier alpha value is -2.17. The molecule has 0 aliphatic rings. The molecule has 0 aliphatic carbocycles. The molecule has 0 saturated carbocycles. The number of carbonyl (C=O) groups is 1. The van der Waals surface area contributed by atoms with Crippen molar-refractivity contribution in [3.63, 3.8) is 0 Å². The standard InChI is InChI=1S/C13H14N4O2S/c18-8-2-1-3-10-4-5-11(20-10)13(19)14-7-6-12-15-9-16-17-12/h4-5,9,18H,2,6-8H2,(H,14,19)(H,15,16,17). The quantitative estimate of drug-likeness (QED) is 0.702. The second-order valence-corrected chi connectivity index (χ2v) is 4.96. The molecule has 0 fully saturated rings. The Morgan fingerprint density at radius 1 is 1.50 bits per heavy atom. The first-order valence-electron chi connectivity index (χ1n) is 6.11. The minimum Gasteiger partial charge on any atom is -0.395 e. The van der Waals surface area contributed by atoms with E-state index in [9.17, 15) is 4.79 Å². The predicted molar refractivity (Wildman–Crippen MR) is 75.3 cm³/mol. The molecule has 6 nitrogen and oxygen atoms in total. The summed E-state index contributed by atoms with van der Waals surface area (Å²) in [6.07, 6.45) is 2.49. The number of thiophene rings is 1. The van der Waals surface area contributed by atoms with Crippen LogP contribution in [-0.4, -0.2) is 39.3 Å². The van der Waals surface area contributed by atoms with Crippen LogP contribution in [0, 0.1) is 11.8 Å². The van der Waals surface area contributed by atoms with Crippen molar-refractivity contribution in [3.05, 3.63) is 34.0 Å². The Kier molecular flexibility index (Phi) is 5.29. The van der Waals surface area contributed by atoms with E-state index in [0.29, 0.717) is 24.3 Å². The van der Waals surface area contributed by atoms with E-state index in [4.69, 9.17) is 5.11 Å². The Balaban J connectivity index is 1.82. The average molecular weight is 290 g/mol. The molecule has 1 amide bonds. The van der Waals surface area contributed by atoms with Gasteiger partial charge in [-0.3, -0.25) is 9.89 Å². The highest BCUT2D eigenvalue weighted by Gasteiger charge is 2.08. The first-order chi connectivity index (χ1) is 9.79. The number of rotatable bonds is 5. The molecule has 0 spiro atoms. The summed E-state index contributed by atoms with van der Waals surface area (Å²) in [4.78, 5) is 17.3. The first-order valence-corrected chi connectivity index (χ1v) is 6.93. The molecule has 7 heteroatoms. The lowest BCUT2D eigenvalue weighted by Gasteiger charge is -2.00. The van der Waals surface area contributed by atoms with E-state index in [1.54, 1.807) is 12.1 Å². The summed E-state index contributed by atoms with van der Waals surface area (Å²) in [5.41, 5.74) is 0. The zero-order valence-electron chi connectivity index (χ0n) is 10.7. The van der Waals surface area contributed by atoms with Gasteiger partial charge in [-0.1, -0.05) is 11.8 Å². The van der Waals surface area contributed by atoms with Gasteiger partial charge in [0.1, 0.15) is 12.2 Å². The molecular formula is C13H14N4O2S. The maximum absolute atomic E-state index is 11.9. The van der Waals surface area contributed by atoms with E-state index in [1.165, 1.54) is 17.7 Å². The van der Waals surface area contributed by atoms with E-state index < -0.39 is 0 Å². The molecule has 0 aliphatic heterocycles. The molecule has 0 aromatic carbocycles. The largest absolute Gasteiger partial charge is 0.395 e. The molecule has 2 rings (SSSR count). The van der Waals surface area contributed by atoms with Crippen molar-refractivity contribution < 1.29 is 9.90 Å². The van der Waals surface area contributed by atoms with Gasteiger partial charge in [-0.2, -0.15) is 5.10 Å². The minimum atomic E-state index is -0.121. The van der Waals surface area contributed by atoms with Crippen molar-refractivity contribution >= 4 is 17.2 Å². The van der Waals surface area contributed by atoms with Crippen LogP contribution in [0.2, 0.25) is 0 Å². The fourth-order valence-corrected chi connectivity index (χ4v) is 2.26. The van der Waals surface area contributed by atoms with Gasteiger partial charge in [0.2, 0.25) is 0 Å². The summed E-state index contributed by atoms with van der Waals surface area (Å²) in [7, 11) is 0. The number of H-pyrrole nitrogens is 1. The topological polar surface area (TPSA) is 90.9 Å². The molecule has 0 saturated heterocycles. The normalized spacial score (nSPS) is 9.85. The number of nitrogens with one attached hydrogen (secondary N) is 2. The Morgan fingerprint density at radius 3 is 3.15 bits per heavy atom. The zero-order chi connectivity index (χ0) is 14.2. The van der Waals surface area contributed by atoms with Gasteiger partial charge in [-0.05, 0) is 12.1 Å². The second-order valence-electron chi connectivity index (χ2n) is 3.88. The number of nitrogens with zero attached hydrogens (tertiary/aromatic N) is 2. The van der Waals surface area contributed by atoms with Gasteiger partial charge >= 0.3 is 0 Å². The summed E-state index contributed by atoms with van der Waals surface area (Å²) in [5, 5.41) is 17.9. The van der Waals surface area contributed by atoms with Gasteiger partial charge in [-0.25, -0.2) is 4.98 Å². The maximum Gasteiger partial charge on any atom is 0.261 e. The molecule has 3 N–H and O–H groups in total. The molecule has 0 radical (unpaired) electrons. The van der Waals surface area contributed by atoms with Crippen molar-refractivity contribution in [2.75, 3.05) is 13.2 Å². The lowest BCUT2D eigenvalue weighted by molar-refractivity contribution is 0.0958. The summed E-state index contributed by atoms with van der Waals surface area (Å²) in [6, 6.07) is 3.55. The predicted octanol–water partition coefficient (Wildman–Crippen LogP) is 0.573. The third-order valence-electron chi connectivity index (χ3n) is 2.39. The number of carbonyl (C=O) groups excluding carboxylic acids is 1. The average Bonchev–Trinajstić information content (AvgIpc) is 3.10. The Labute approximate surface area is 120 Å². The van der Waals surface area contributed by atoms with Gasteiger partial charge in [-0.15, -0.1) is 11.3 Å².